The molecule has 1 amide bonds. The van der Waals surface area contributed by atoms with Gasteiger partial charge in [0.05, 0.1) is 5.92 Å². The zero-order chi connectivity index (χ0) is 12.8. The molecule has 0 aromatic carbocycles. The summed E-state index contributed by atoms with van der Waals surface area (Å²) in [5.41, 5.74) is 5.62. The number of aliphatic carboxylic acids is 1. The molecule has 1 heterocycles. The van der Waals surface area contributed by atoms with Crippen molar-refractivity contribution in [3.8, 4) is 0 Å². The lowest BCUT2D eigenvalue weighted by Crippen LogP contribution is -2.42. The van der Waals surface area contributed by atoms with Crippen molar-refractivity contribution in [2.24, 2.45) is 11.7 Å². The Kier molecular flexibility index (Phi) is 5.41. The SMILES string of the molecule is CC(N)CCCC(=O)N1CCCC(C(=O)O)C1. The van der Waals surface area contributed by atoms with E-state index in [-0.39, 0.29) is 17.9 Å². The molecule has 5 heteroatoms. The molecule has 5 nitrogen and oxygen atoms in total. The predicted octanol–water partition coefficient (Wildman–Crippen LogP) is 0.827. The first-order valence-corrected chi connectivity index (χ1v) is 6.27. The van der Waals surface area contributed by atoms with Crippen molar-refractivity contribution in [1.29, 1.82) is 0 Å². The van der Waals surface area contributed by atoms with Crippen LogP contribution in [0.3, 0.4) is 0 Å². The molecule has 0 aromatic rings. The topological polar surface area (TPSA) is 83.6 Å². The molecule has 0 bridgehead atoms. The summed E-state index contributed by atoms with van der Waals surface area (Å²) in [6.07, 6.45) is 3.56. The fraction of sp³-hybridized carbons (Fsp3) is 0.833. The number of piperidine rings is 1. The molecule has 0 aromatic heterocycles. The van der Waals surface area contributed by atoms with Crippen molar-refractivity contribution in [3.05, 3.63) is 0 Å². The van der Waals surface area contributed by atoms with E-state index in [0.29, 0.717) is 25.9 Å². The Morgan fingerprint density at radius 3 is 2.82 bits per heavy atom. The van der Waals surface area contributed by atoms with Gasteiger partial charge in [-0.3, -0.25) is 9.59 Å². The second kappa shape index (κ2) is 6.59. The van der Waals surface area contributed by atoms with Gasteiger partial charge in [-0.05, 0) is 32.6 Å². The zero-order valence-corrected chi connectivity index (χ0v) is 10.4. The third-order valence-corrected chi connectivity index (χ3v) is 3.17. The summed E-state index contributed by atoms with van der Waals surface area (Å²) in [5.74, 6) is -1.11. The molecular formula is C12H22N2O3. The molecule has 1 aliphatic heterocycles. The fourth-order valence-corrected chi connectivity index (χ4v) is 2.14. The van der Waals surface area contributed by atoms with Crippen molar-refractivity contribution in [2.75, 3.05) is 13.1 Å². The van der Waals surface area contributed by atoms with E-state index in [1.165, 1.54) is 0 Å². The van der Waals surface area contributed by atoms with Crippen LogP contribution in [0.1, 0.15) is 39.0 Å². The lowest BCUT2D eigenvalue weighted by molar-refractivity contribution is -0.145. The highest BCUT2D eigenvalue weighted by atomic mass is 16.4. The Morgan fingerprint density at radius 1 is 1.53 bits per heavy atom. The van der Waals surface area contributed by atoms with E-state index in [0.717, 1.165) is 19.3 Å². The first-order valence-electron chi connectivity index (χ1n) is 6.27. The Bertz CT molecular complexity index is 279. The minimum Gasteiger partial charge on any atom is -0.481 e. The number of rotatable bonds is 5. The summed E-state index contributed by atoms with van der Waals surface area (Å²) in [4.78, 5) is 24.4. The summed E-state index contributed by atoms with van der Waals surface area (Å²) >= 11 is 0. The Balaban J connectivity index is 2.33. The van der Waals surface area contributed by atoms with Crippen molar-refractivity contribution < 1.29 is 14.7 Å². The van der Waals surface area contributed by atoms with Crippen molar-refractivity contribution in [3.63, 3.8) is 0 Å². The molecule has 1 fully saturated rings. The number of carbonyl (C=O) groups excluding carboxylic acids is 1. The first-order chi connectivity index (χ1) is 8.00. The second-order valence-electron chi connectivity index (χ2n) is 4.89. The number of likely N-dealkylation sites (tertiary alicyclic amines) is 1. The van der Waals surface area contributed by atoms with Gasteiger partial charge in [-0.15, -0.1) is 0 Å². The molecule has 98 valence electrons. The van der Waals surface area contributed by atoms with Crippen LogP contribution in [-0.4, -0.2) is 41.0 Å². The van der Waals surface area contributed by atoms with Crippen LogP contribution >= 0.6 is 0 Å². The molecule has 0 spiro atoms. The Hall–Kier alpha value is -1.10. The summed E-state index contributed by atoms with van der Waals surface area (Å²) in [5, 5.41) is 8.93. The molecule has 17 heavy (non-hydrogen) atoms. The molecule has 0 saturated carbocycles. The fourth-order valence-electron chi connectivity index (χ4n) is 2.14. The van der Waals surface area contributed by atoms with E-state index in [1.54, 1.807) is 4.90 Å². The van der Waals surface area contributed by atoms with Crippen LogP contribution in [0.25, 0.3) is 0 Å². The number of carbonyl (C=O) groups is 2. The summed E-state index contributed by atoms with van der Waals surface area (Å²) in [6, 6.07) is 0.121. The Labute approximate surface area is 102 Å². The van der Waals surface area contributed by atoms with E-state index < -0.39 is 5.97 Å². The molecule has 1 rings (SSSR count). The summed E-state index contributed by atoms with van der Waals surface area (Å²) in [7, 11) is 0. The molecule has 2 atom stereocenters. The standard InChI is InChI=1S/C12H22N2O3/c1-9(13)4-2-6-11(15)14-7-3-5-10(8-14)12(16)17/h9-10H,2-8,13H2,1H3,(H,16,17). The van der Waals surface area contributed by atoms with Gasteiger partial charge in [0.25, 0.3) is 0 Å². The van der Waals surface area contributed by atoms with Gasteiger partial charge in [-0.25, -0.2) is 0 Å². The number of nitrogens with two attached hydrogens (primary N) is 1. The number of nitrogens with zero attached hydrogens (tertiary/aromatic N) is 1. The molecule has 2 unspecified atom stereocenters. The van der Waals surface area contributed by atoms with Crippen molar-refractivity contribution in [1.82, 2.24) is 4.90 Å². The van der Waals surface area contributed by atoms with Gasteiger partial charge in [-0.2, -0.15) is 0 Å². The zero-order valence-electron chi connectivity index (χ0n) is 10.4. The monoisotopic (exact) mass is 242 g/mol. The third-order valence-electron chi connectivity index (χ3n) is 3.17. The number of hydrogen-bond donors (Lipinski definition) is 2. The van der Waals surface area contributed by atoms with E-state index in [9.17, 15) is 9.59 Å². The molecular weight excluding hydrogens is 220 g/mol. The second-order valence-corrected chi connectivity index (χ2v) is 4.89. The van der Waals surface area contributed by atoms with Crippen LogP contribution in [0.4, 0.5) is 0 Å². The number of carboxylic acid groups (broad SMARTS) is 1. The number of carboxylic acids is 1. The lowest BCUT2D eigenvalue weighted by Gasteiger charge is -2.30. The largest absolute Gasteiger partial charge is 0.481 e. The van der Waals surface area contributed by atoms with Crippen LogP contribution < -0.4 is 5.73 Å². The average molecular weight is 242 g/mol. The van der Waals surface area contributed by atoms with Gasteiger partial charge in [0.2, 0.25) is 5.91 Å². The molecule has 1 saturated heterocycles. The highest BCUT2D eigenvalue weighted by molar-refractivity contribution is 5.78. The van der Waals surface area contributed by atoms with E-state index in [1.807, 2.05) is 6.92 Å². The molecule has 1 aliphatic rings. The minimum atomic E-state index is -0.793. The minimum absolute atomic E-state index is 0.0663. The molecule has 0 aliphatic carbocycles. The quantitative estimate of drug-likeness (QED) is 0.748. The maximum absolute atomic E-state index is 11.8. The van der Waals surface area contributed by atoms with Crippen molar-refractivity contribution in [2.45, 2.75) is 45.1 Å². The number of hydrogen-bond acceptors (Lipinski definition) is 3. The van der Waals surface area contributed by atoms with Gasteiger partial charge < -0.3 is 15.7 Å². The van der Waals surface area contributed by atoms with Crippen LogP contribution in [0.15, 0.2) is 0 Å². The predicted molar refractivity (Wildman–Crippen MR) is 64.4 cm³/mol. The van der Waals surface area contributed by atoms with Crippen LogP contribution in [0, 0.1) is 5.92 Å². The van der Waals surface area contributed by atoms with Gasteiger partial charge in [0.15, 0.2) is 0 Å². The lowest BCUT2D eigenvalue weighted by atomic mass is 9.98. The Morgan fingerprint density at radius 2 is 2.24 bits per heavy atom. The summed E-state index contributed by atoms with van der Waals surface area (Å²) in [6.45, 7) is 2.99. The maximum Gasteiger partial charge on any atom is 0.308 e. The van der Waals surface area contributed by atoms with Gasteiger partial charge in [0, 0.05) is 25.6 Å². The highest BCUT2D eigenvalue weighted by Crippen LogP contribution is 2.17. The van der Waals surface area contributed by atoms with Crippen LogP contribution in [-0.2, 0) is 9.59 Å². The average Bonchev–Trinajstić information content (AvgIpc) is 2.28. The molecule has 3 N–H and O–H groups in total. The van der Waals surface area contributed by atoms with E-state index in [4.69, 9.17) is 10.8 Å². The van der Waals surface area contributed by atoms with Gasteiger partial charge in [0.1, 0.15) is 0 Å². The third kappa shape index (κ3) is 4.73. The van der Waals surface area contributed by atoms with E-state index in [2.05, 4.69) is 0 Å². The van der Waals surface area contributed by atoms with Crippen molar-refractivity contribution >= 4 is 11.9 Å². The summed E-state index contributed by atoms with van der Waals surface area (Å²) < 4.78 is 0. The van der Waals surface area contributed by atoms with Crippen LogP contribution in [0.5, 0.6) is 0 Å². The van der Waals surface area contributed by atoms with Gasteiger partial charge in [-0.1, -0.05) is 0 Å². The smallest absolute Gasteiger partial charge is 0.308 e. The van der Waals surface area contributed by atoms with E-state index >= 15 is 0 Å². The van der Waals surface area contributed by atoms with Crippen LogP contribution in [0.2, 0.25) is 0 Å². The first kappa shape index (κ1) is 14.0. The highest BCUT2D eigenvalue weighted by Gasteiger charge is 2.27. The maximum atomic E-state index is 11.8. The molecule has 0 radical (unpaired) electrons. The normalized spacial score (nSPS) is 22.2. The number of amides is 1. The van der Waals surface area contributed by atoms with Gasteiger partial charge >= 0.3 is 5.97 Å².